The lowest BCUT2D eigenvalue weighted by atomic mass is 10.0. The van der Waals surface area contributed by atoms with Crippen molar-refractivity contribution >= 4 is 27.5 Å². The van der Waals surface area contributed by atoms with Gasteiger partial charge in [-0.05, 0) is 30.2 Å². The monoisotopic (exact) mass is 370 g/mol. The number of hydrogen-bond acceptors (Lipinski definition) is 2. The maximum Gasteiger partial charge on any atom is 0.162 e. The number of alkyl halides is 1. The maximum atomic E-state index is 14.1. The third-order valence-electron chi connectivity index (χ3n) is 3.36. The molecule has 0 bridgehead atoms. The van der Waals surface area contributed by atoms with Crippen LogP contribution in [0, 0.1) is 12.7 Å². The van der Waals surface area contributed by atoms with Gasteiger partial charge in [0.15, 0.2) is 11.5 Å². The fourth-order valence-corrected chi connectivity index (χ4v) is 3.42. The molecular weight excluding hydrogens is 359 g/mol. The molecule has 0 aliphatic carbocycles. The zero-order valence-corrected chi connectivity index (χ0v) is 13.7. The molecule has 2 aromatic rings. The second-order valence-electron chi connectivity index (χ2n) is 4.90. The summed E-state index contributed by atoms with van der Waals surface area (Å²) in [4.78, 5) is -0.346. The Bertz CT molecular complexity index is 690. The van der Waals surface area contributed by atoms with Gasteiger partial charge in [-0.3, -0.25) is 0 Å². The van der Waals surface area contributed by atoms with E-state index in [1.54, 1.807) is 18.2 Å². The van der Waals surface area contributed by atoms with Gasteiger partial charge in [-0.25, -0.2) is 4.39 Å². The van der Waals surface area contributed by atoms with Crippen LogP contribution in [0.3, 0.4) is 0 Å². The molecule has 0 saturated heterocycles. The van der Waals surface area contributed by atoms with E-state index < -0.39 is 0 Å². The molecule has 0 saturated carbocycles. The molecule has 3 rings (SSSR count). The van der Waals surface area contributed by atoms with Gasteiger partial charge < -0.3 is 9.47 Å². The number of aryl methyl sites for hydroxylation is 1. The second kappa shape index (κ2) is 5.85. The lowest BCUT2D eigenvalue weighted by Gasteiger charge is -2.21. The van der Waals surface area contributed by atoms with Crippen LogP contribution in [0.2, 0.25) is 5.02 Å². The van der Waals surface area contributed by atoms with Crippen LogP contribution in [0.4, 0.5) is 4.39 Å². The zero-order valence-electron chi connectivity index (χ0n) is 11.3. The highest BCUT2D eigenvalue weighted by molar-refractivity contribution is 9.09. The predicted octanol–water partition coefficient (Wildman–Crippen LogP) is 5.04. The molecule has 1 aliphatic heterocycles. The van der Waals surface area contributed by atoms with Crippen molar-refractivity contribution in [1.29, 1.82) is 0 Å². The number of rotatable bonds is 2. The Kier molecular flexibility index (Phi) is 4.09. The molecule has 1 aliphatic rings. The van der Waals surface area contributed by atoms with Gasteiger partial charge in [0.05, 0.1) is 4.83 Å². The van der Waals surface area contributed by atoms with Gasteiger partial charge in [0.25, 0.3) is 0 Å². The van der Waals surface area contributed by atoms with Crippen LogP contribution in [0.5, 0.6) is 11.5 Å². The molecule has 0 amide bonds. The summed E-state index contributed by atoms with van der Waals surface area (Å²) in [7, 11) is 0. The van der Waals surface area contributed by atoms with Crippen LogP contribution in [0.1, 0.15) is 21.5 Å². The van der Waals surface area contributed by atoms with Crippen LogP contribution in [0.15, 0.2) is 30.3 Å². The van der Waals surface area contributed by atoms with Gasteiger partial charge in [0.1, 0.15) is 19.0 Å². The van der Waals surface area contributed by atoms with Gasteiger partial charge >= 0.3 is 0 Å². The highest BCUT2D eigenvalue weighted by Gasteiger charge is 2.22. The van der Waals surface area contributed by atoms with Crippen LogP contribution in [0.25, 0.3) is 0 Å². The van der Waals surface area contributed by atoms with E-state index in [1.807, 2.05) is 13.0 Å². The molecule has 2 nitrogen and oxygen atoms in total. The summed E-state index contributed by atoms with van der Waals surface area (Å²) in [5.74, 6) is 1.000. The van der Waals surface area contributed by atoms with Gasteiger partial charge in [-0.15, -0.1) is 0 Å². The molecule has 110 valence electrons. The molecule has 0 N–H and O–H groups in total. The van der Waals surface area contributed by atoms with Crippen molar-refractivity contribution in [2.45, 2.75) is 11.8 Å². The molecule has 0 radical (unpaired) electrons. The minimum atomic E-state index is -0.346. The predicted molar refractivity (Wildman–Crippen MR) is 84.3 cm³/mol. The molecule has 1 heterocycles. The van der Waals surface area contributed by atoms with Gasteiger partial charge in [0, 0.05) is 16.7 Å². The Labute approximate surface area is 136 Å². The molecule has 2 aromatic carbocycles. The number of halogens is 3. The molecule has 0 aromatic heterocycles. The van der Waals surface area contributed by atoms with Crippen LogP contribution in [-0.4, -0.2) is 13.2 Å². The first-order chi connectivity index (χ1) is 10.1. The maximum absolute atomic E-state index is 14.1. The average molecular weight is 372 g/mol. The Hall–Kier alpha value is -1.26. The van der Waals surface area contributed by atoms with E-state index in [0.29, 0.717) is 35.3 Å². The van der Waals surface area contributed by atoms with Gasteiger partial charge in [-0.1, -0.05) is 39.7 Å². The first kappa shape index (κ1) is 14.7. The van der Waals surface area contributed by atoms with E-state index >= 15 is 0 Å². The summed E-state index contributed by atoms with van der Waals surface area (Å²) < 4.78 is 25.2. The third-order valence-corrected chi connectivity index (χ3v) is 4.68. The summed E-state index contributed by atoms with van der Waals surface area (Å²) in [6, 6.07) is 8.66. The van der Waals surface area contributed by atoms with Crippen LogP contribution < -0.4 is 9.47 Å². The number of fused-ring (bicyclic) bond motifs is 1. The van der Waals surface area contributed by atoms with Crippen molar-refractivity contribution < 1.29 is 13.9 Å². The Morgan fingerprint density at radius 1 is 1.10 bits per heavy atom. The summed E-state index contributed by atoms with van der Waals surface area (Å²) in [5.41, 5.74) is 2.17. The summed E-state index contributed by atoms with van der Waals surface area (Å²) >= 11 is 9.83. The Balaban J connectivity index is 2.03. The standard InChI is InChI=1S/C16H13BrClFO2/c1-9-2-3-10(13(19)6-9)16(17)11-7-14-15(8-12(11)18)21-5-4-20-14/h2-3,6-8,16H,4-5H2,1H3. The first-order valence-electron chi connectivity index (χ1n) is 6.55. The number of benzene rings is 2. The highest BCUT2D eigenvalue weighted by Crippen LogP contribution is 2.42. The van der Waals surface area contributed by atoms with Crippen molar-refractivity contribution in [3.8, 4) is 11.5 Å². The lowest BCUT2D eigenvalue weighted by molar-refractivity contribution is 0.171. The molecule has 5 heteroatoms. The summed E-state index contributed by atoms with van der Waals surface area (Å²) in [6.07, 6.45) is 0. The van der Waals surface area contributed by atoms with E-state index in [9.17, 15) is 4.39 Å². The first-order valence-corrected chi connectivity index (χ1v) is 7.85. The van der Waals surface area contributed by atoms with Gasteiger partial charge in [0.2, 0.25) is 0 Å². The normalized spacial score (nSPS) is 14.9. The molecule has 0 spiro atoms. The topological polar surface area (TPSA) is 18.5 Å². The Morgan fingerprint density at radius 2 is 1.76 bits per heavy atom. The second-order valence-corrected chi connectivity index (χ2v) is 6.23. The quantitative estimate of drug-likeness (QED) is 0.688. The molecular formula is C16H13BrClFO2. The van der Waals surface area contributed by atoms with E-state index in [1.165, 1.54) is 6.07 Å². The Morgan fingerprint density at radius 3 is 2.43 bits per heavy atom. The highest BCUT2D eigenvalue weighted by atomic mass is 79.9. The van der Waals surface area contributed by atoms with E-state index in [-0.39, 0.29) is 10.6 Å². The minimum absolute atomic E-state index is 0.261. The minimum Gasteiger partial charge on any atom is -0.486 e. The average Bonchev–Trinajstić information content (AvgIpc) is 2.46. The van der Waals surface area contributed by atoms with Crippen molar-refractivity contribution in [2.75, 3.05) is 13.2 Å². The van der Waals surface area contributed by atoms with E-state index in [4.69, 9.17) is 21.1 Å². The summed E-state index contributed by atoms with van der Waals surface area (Å²) in [5, 5.41) is 0.515. The molecule has 0 fully saturated rings. The van der Waals surface area contributed by atoms with Crippen molar-refractivity contribution in [1.82, 2.24) is 0 Å². The lowest BCUT2D eigenvalue weighted by Crippen LogP contribution is -2.15. The number of hydrogen-bond donors (Lipinski definition) is 0. The fraction of sp³-hybridized carbons (Fsp3) is 0.250. The SMILES string of the molecule is Cc1ccc(C(Br)c2cc3c(cc2Cl)OCCO3)c(F)c1. The van der Waals surface area contributed by atoms with E-state index in [2.05, 4.69) is 15.9 Å². The molecule has 1 atom stereocenters. The molecule has 1 unspecified atom stereocenters. The third kappa shape index (κ3) is 2.87. The summed E-state index contributed by atoms with van der Waals surface area (Å²) in [6.45, 7) is 2.86. The van der Waals surface area contributed by atoms with Crippen molar-refractivity contribution in [2.24, 2.45) is 0 Å². The van der Waals surface area contributed by atoms with Gasteiger partial charge in [-0.2, -0.15) is 0 Å². The largest absolute Gasteiger partial charge is 0.486 e. The van der Waals surface area contributed by atoms with E-state index in [0.717, 1.165) is 11.1 Å². The van der Waals surface area contributed by atoms with Crippen LogP contribution >= 0.6 is 27.5 Å². The zero-order chi connectivity index (χ0) is 15.0. The van der Waals surface area contributed by atoms with Crippen LogP contribution in [-0.2, 0) is 0 Å². The smallest absolute Gasteiger partial charge is 0.162 e. The number of ether oxygens (including phenoxy) is 2. The van der Waals surface area contributed by atoms with Crippen molar-refractivity contribution in [3.63, 3.8) is 0 Å². The molecule has 21 heavy (non-hydrogen) atoms. The van der Waals surface area contributed by atoms with Crippen molar-refractivity contribution in [3.05, 3.63) is 57.9 Å². The fourth-order valence-electron chi connectivity index (χ4n) is 2.28.